The molecule has 0 N–H and O–H groups in total. The van der Waals surface area contributed by atoms with E-state index >= 15 is 0 Å². The fourth-order valence-electron chi connectivity index (χ4n) is 1.72. The van der Waals surface area contributed by atoms with E-state index in [9.17, 15) is 0 Å². The highest BCUT2D eigenvalue weighted by Crippen LogP contribution is 2.21. The van der Waals surface area contributed by atoms with Crippen LogP contribution >= 0.6 is 0 Å². The van der Waals surface area contributed by atoms with Crippen LogP contribution in [0.2, 0.25) is 0 Å². The SMILES string of the molecule is C#CC(CCCC)Oc1ccc(-c2conn2)cc1. The van der Waals surface area contributed by atoms with Gasteiger partial charge in [-0.2, -0.15) is 0 Å². The van der Waals surface area contributed by atoms with Crippen molar-refractivity contribution in [3.05, 3.63) is 30.5 Å². The summed E-state index contributed by atoms with van der Waals surface area (Å²) in [6.07, 6.45) is 9.85. The molecule has 0 bridgehead atoms. The van der Waals surface area contributed by atoms with Crippen LogP contribution in [0.15, 0.2) is 35.1 Å². The maximum atomic E-state index is 5.74. The van der Waals surface area contributed by atoms with Crippen molar-refractivity contribution in [1.82, 2.24) is 10.4 Å². The van der Waals surface area contributed by atoms with Gasteiger partial charge in [-0.15, -0.1) is 11.5 Å². The van der Waals surface area contributed by atoms with Crippen molar-refractivity contribution in [3.63, 3.8) is 0 Å². The zero-order chi connectivity index (χ0) is 13.5. The van der Waals surface area contributed by atoms with Crippen LogP contribution in [-0.2, 0) is 0 Å². The van der Waals surface area contributed by atoms with Gasteiger partial charge in [0.05, 0.1) is 0 Å². The molecule has 4 heteroatoms. The normalized spacial score (nSPS) is 11.8. The van der Waals surface area contributed by atoms with Gasteiger partial charge in [0.1, 0.15) is 11.4 Å². The van der Waals surface area contributed by atoms with Crippen LogP contribution in [0, 0.1) is 12.3 Å². The molecule has 0 aliphatic rings. The molecule has 0 fully saturated rings. The number of unbranched alkanes of at least 4 members (excludes halogenated alkanes) is 1. The maximum Gasteiger partial charge on any atom is 0.158 e. The lowest BCUT2D eigenvalue weighted by Gasteiger charge is -2.13. The van der Waals surface area contributed by atoms with Crippen LogP contribution in [0.5, 0.6) is 5.75 Å². The predicted octanol–water partition coefficient (Wildman–Crippen LogP) is 3.31. The van der Waals surface area contributed by atoms with E-state index < -0.39 is 0 Å². The van der Waals surface area contributed by atoms with Gasteiger partial charge in [-0.05, 0) is 37.1 Å². The predicted molar refractivity (Wildman–Crippen MR) is 72.5 cm³/mol. The quantitative estimate of drug-likeness (QED) is 0.744. The second-order valence-electron chi connectivity index (χ2n) is 4.23. The van der Waals surface area contributed by atoms with Crippen molar-refractivity contribution in [1.29, 1.82) is 0 Å². The Bertz CT molecular complexity index is 526. The number of ether oxygens (including phenoxy) is 1. The summed E-state index contributed by atoms with van der Waals surface area (Å²) < 4.78 is 10.4. The van der Waals surface area contributed by atoms with Crippen molar-refractivity contribution >= 4 is 0 Å². The Kier molecular flexibility index (Phi) is 4.57. The van der Waals surface area contributed by atoms with Crippen LogP contribution in [0.4, 0.5) is 0 Å². The molecular formula is C15H16N2O2. The minimum atomic E-state index is -0.167. The molecule has 19 heavy (non-hydrogen) atoms. The lowest BCUT2D eigenvalue weighted by molar-refractivity contribution is 0.244. The molecule has 0 radical (unpaired) electrons. The van der Waals surface area contributed by atoms with E-state index in [2.05, 4.69) is 23.2 Å². The standard InChI is InChI=1S/C15H16N2O2/c1-3-5-6-13(4-2)19-14-9-7-12(8-10-14)15-11-18-17-16-15/h2,7-11,13H,3,5-6H2,1H3. The smallest absolute Gasteiger partial charge is 0.158 e. The van der Waals surface area contributed by atoms with Gasteiger partial charge in [-0.1, -0.05) is 19.3 Å². The highest BCUT2D eigenvalue weighted by atomic mass is 16.5. The second kappa shape index (κ2) is 6.60. The lowest BCUT2D eigenvalue weighted by Crippen LogP contribution is -2.13. The third kappa shape index (κ3) is 3.59. The molecule has 0 spiro atoms. The number of nitrogens with zero attached hydrogens (tertiary/aromatic N) is 2. The zero-order valence-electron chi connectivity index (χ0n) is 10.9. The number of hydrogen-bond acceptors (Lipinski definition) is 4. The number of rotatable bonds is 6. The van der Waals surface area contributed by atoms with Gasteiger partial charge < -0.3 is 9.26 Å². The van der Waals surface area contributed by atoms with Gasteiger partial charge in [0.2, 0.25) is 0 Å². The summed E-state index contributed by atoms with van der Waals surface area (Å²) in [5.74, 6) is 3.43. The van der Waals surface area contributed by atoms with Crippen molar-refractivity contribution in [2.24, 2.45) is 0 Å². The number of benzene rings is 1. The van der Waals surface area contributed by atoms with Crippen molar-refractivity contribution in [3.8, 4) is 29.4 Å². The largest absolute Gasteiger partial charge is 0.478 e. The Balaban J connectivity index is 2.00. The summed E-state index contributed by atoms with van der Waals surface area (Å²) in [6.45, 7) is 2.13. The Labute approximate surface area is 112 Å². The average molecular weight is 256 g/mol. The van der Waals surface area contributed by atoms with Gasteiger partial charge in [0.25, 0.3) is 0 Å². The zero-order valence-corrected chi connectivity index (χ0v) is 10.9. The highest BCUT2D eigenvalue weighted by Gasteiger charge is 2.07. The van der Waals surface area contributed by atoms with Gasteiger partial charge >= 0.3 is 0 Å². The molecule has 0 saturated heterocycles. The summed E-state index contributed by atoms with van der Waals surface area (Å²) in [7, 11) is 0. The Morgan fingerprint density at radius 3 is 2.74 bits per heavy atom. The maximum absolute atomic E-state index is 5.74. The average Bonchev–Trinajstić information content (AvgIpc) is 2.98. The summed E-state index contributed by atoms with van der Waals surface area (Å²) >= 11 is 0. The van der Waals surface area contributed by atoms with E-state index in [1.807, 2.05) is 24.3 Å². The van der Waals surface area contributed by atoms with Crippen molar-refractivity contribution in [2.75, 3.05) is 0 Å². The highest BCUT2D eigenvalue weighted by molar-refractivity contribution is 5.58. The monoisotopic (exact) mass is 256 g/mol. The summed E-state index contributed by atoms with van der Waals surface area (Å²) in [5.41, 5.74) is 1.63. The molecule has 2 rings (SSSR count). The molecule has 4 nitrogen and oxygen atoms in total. The summed E-state index contributed by atoms with van der Waals surface area (Å²) in [6, 6.07) is 7.56. The van der Waals surface area contributed by atoms with E-state index in [0.717, 1.165) is 30.6 Å². The Morgan fingerprint density at radius 1 is 1.37 bits per heavy atom. The van der Waals surface area contributed by atoms with Gasteiger partial charge in [0, 0.05) is 10.8 Å². The number of hydrogen-bond donors (Lipinski definition) is 0. The molecule has 98 valence electrons. The van der Waals surface area contributed by atoms with E-state index in [1.165, 1.54) is 6.26 Å². The first-order chi connectivity index (χ1) is 9.33. The molecule has 2 aromatic rings. The van der Waals surface area contributed by atoms with E-state index in [-0.39, 0.29) is 6.10 Å². The molecule has 1 atom stereocenters. The third-order valence-corrected chi connectivity index (χ3v) is 2.79. The van der Waals surface area contributed by atoms with Crippen LogP contribution in [0.3, 0.4) is 0 Å². The topological polar surface area (TPSA) is 48.2 Å². The Morgan fingerprint density at radius 2 is 2.16 bits per heavy atom. The summed E-state index contributed by atoms with van der Waals surface area (Å²) in [5, 5.41) is 7.28. The molecule has 1 aromatic carbocycles. The first kappa shape index (κ1) is 13.2. The molecular weight excluding hydrogens is 240 g/mol. The van der Waals surface area contributed by atoms with Crippen LogP contribution < -0.4 is 4.74 Å². The van der Waals surface area contributed by atoms with Gasteiger partial charge in [-0.3, -0.25) is 0 Å². The van der Waals surface area contributed by atoms with E-state index in [4.69, 9.17) is 15.7 Å². The molecule has 0 aliphatic carbocycles. The van der Waals surface area contributed by atoms with Gasteiger partial charge in [-0.25, -0.2) is 0 Å². The minimum Gasteiger partial charge on any atom is -0.478 e. The molecule has 0 amide bonds. The number of aromatic nitrogens is 2. The number of terminal acetylenes is 1. The summed E-state index contributed by atoms with van der Waals surface area (Å²) in [4.78, 5) is 0. The lowest BCUT2D eigenvalue weighted by atomic mass is 10.1. The molecule has 1 heterocycles. The first-order valence-electron chi connectivity index (χ1n) is 6.33. The molecule has 0 saturated carbocycles. The van der Waals surface area contributed by atoms with Gasteiger partial charge in [0.15, 0.2) is 12.4 Å². The van der Waals surface area contributed by atoms with E-state index in [1.54, 1.807) is 0 Å². The van der Waals surface area contributed by atoms with Crippen LogP contribution in [0.1, 0.15) is 26.2 Å². The van der Waals surface area contributed by atoms with E-state index in [0.29, 0.717) is 5.69 Å². The van der Waals surface area contributed by atoms with Crippen molar-refractivity contribution < 1.29 is 9.26 Å². The minimum absolute atomic E-state index is 0.167. The Hall–Kier alpha value is -2.28. The second-order valence-corrected chi connectivity index (χ2v) is 4.23. The molecule has 0 aliphatic heterocycles. The fourth-order valence-corrected chi connectivity index (χ4v) is 1.72. The molecule has 1 unspecified atom stereocenters. The van der Waals surface area contributed by atoms with Crippen LogP contribution in [0.25, 0.3) is 11.3 Å². The fraction of sp³-hybridized carbons (Fsp3) is 0.333. The third-order valence-electron chi connectivity index (χ3n) is 2.79. The first-order valence-corrected chi connectivity index (χ1v) is 6.33. The van der Waals surface area contributed by atoms with Crippen molar-refractivity contribution in [2.45, 2.75) is 32.3 Å². The molecule has 1 aromatic heterocycles. The van der Waals surface area contributed by atoms with Crippen LogP contribution in [-0.4, -0.2) is 16.5 Å².